The number of rotatable bonds is 7. The van der Waals surface area contributed by atoms with E-state index in [0.717, 1.165) is 67.8 Å². The second-order valence-electron chi connectivity index (χ2n) is 23.2. The monoisotopic (exact) mass is 956 g/mol. The maximum Gasteiger partial charge on any atom is 0.137 e. The zero-order valence-electron chi connectivity index (χ0n) is 49.0. The number of fused-ring (bicyclic) bond motifs is 3. The van der Waals surface area contributed by atoms with E-state index in [0.29, 0.717) is 23.7 Å². The standard InChI is InChI=1S/C65H70N4OSi/c1-42-43(2)60(45-23-16-15-17-24-45)62(61(44(42)3)46-35-48(64(7,8)9)37-49(36-46)65(10,11)12)68-41-67(53-27-18-19-28-54(53)68)50-25-22-26-51(39-50)70-52-31-32-58-56(40-52)69(55-29-20-21-30-57(55)71(58,13)14)59-38-47(33-34-66-59)63(4,5)6/h15-40H,41H2,1-14H3/i15D,16D,17D,23D,24D. The van der Waals surface area contributed by atoms with E-state index >= 15 is 0 Å². The van der Waals surface area contributed by atoms with Gasteiger partial charge >= 0.3 is 0 Å². The number of anilines is 7. The number of hydrogen-bond acceptors (Lipinski definition) is 5. The van der Waals surface area contributed by atoms with Gasteiger partial charge < -0.3 is 14.5 Å². The van der Waals surface area contributed by atoms with Crippen LogP contribution < -0.4 is 29.8 Å². The fourth-order valence-corrected chi connectivity index (χ4v) is 13.5. The Bertz CT molecular complexity index is 3600. The van der Waals surface area contributed by atoms with Gasteiger partial charge in [0.15, 0.2) is 0 Å². The predicted octanol–water partition coefficient (Wildman–Crippen LogP) is 16.9. The summed E-state index contributed by atoms with van der Waals surface area (Å²) in [6.07, 6.45) is 1.92. The lowest BCUT2D eigenvalue weighted by Gasteiger charge is -2.40. The van der Waals surface area contributed by atoms with E-state index in [9.17, 15) is 2.74 Å². The lowest BCUT2D eigenvalue weighted by molar-refractivity contribution is 0.483. The van der Waals surface area contributed by atoms with Crippen LogP contribution in [-0.4, -0.2) is 19.7 Å². The first-order chi connectivity index (χ1) is 35.7. The van der Waals surface area contributed by atoms with E-state index in [1.165, 1.54) is 27.1 Å². The first kappa shape index (κ1) is 41.8. The fraction of sp³-hybridized carbons (Fsp3) is 0.277. The Morgan fingerprint density at radius 1 is 0.521 bits per heavy atom. The molecule has 0 atom stereocenters. The van der Waals surface area contributed by atoms with E-state index in [4.69, 9.17) is 13.8 Å². The molecule has 2 aliphatic heterocycles. The fourth-order valence-electron chi connectivity index (χ4n) is 10.6. The number of hydrogen-bond donors (Lipinski definition) is 0. The van der Waals surface area contributed by atoms with Crippen molar-refractivity contribution in [3.8, 4) is 33.8 Å². The summed E-state index contributed by atoms with van der Waals surface area (Å²) in [5.41, 5.74) is 14.7. The average molecular weight is 956 g/mol. The van der Waals surface area contributed by atoms with Crippen LogP contribution in [0.15, 0.2) is 158 Å². The molecule has 0 aliphatic carbocycles. The summed E-state index contributed by atoms with van der Waals surface area (Å²) >= 11 is 0. The summed E-state index contributed by atoms with van der Waals surface area (Å²) in [5.74, 6) is 2.26. The molecule has 7 aromatic carbocycles. The molecule has 0 bridgehead atoms. The van der Waals surface area contributed by atoms with Crippen LogP contribution in [0.25, 0.3) is 22.3 Å². The minimum Gasteiger partial charge on any atom is -0.457 e. The summed E-state index contributed by atoms with van der Waals surface area (Å²) in [7, 11) is -2.15. The smallest absolute Gasteiger partial charge is 0.137 e. The van der Waals surface area contributed by atoms with E-state index in [-0.39, 0.29) is 46.0 Å². The Balaban J connectivity index is 1.12. The topological polar surface area (TPSA) is 31.8 Å². The zero-order chi connectivity index (χ0) is 54.7. The van der Waals surface area contributed by atoms with Gasteiger partial charge in [-0.15, -0.1) is 0 Å². The van der Waals surface area contributed by atoms with Gasteiger partial charge in [0.1, 0.15) is 32.1 Å². The molecule has 71 heavy (non-hydrogen) atoms. The molecule has 10 rings (SSSR count). The van der Waals surface area contributed by atoms with Crippen molar-refractivity contribution in [1.82, 2.24) is 4.98 Å². The number of aromatic nitrogens is 1. The van der Waals surface area contributed by atoms with Gasteiger partial charge in [0.2, 0.25) is 0 Å². The van der Waals surface area contributed by atoms with E-state index in [1.54, 1.807) is 0 Å². The summed E-state index contributed by atoms with van der Waals surface area (Å²) in [4.78, 5) is 11.9. The van der Waals surface area contributed by atoms with Crippen LogP contribution in [-0.2, 0) is 16.2 Å². The molecule has 3 heterocycles. The Labute approximate surface area is 431 Å². The van der Waals surface area contributed by atoms with E-state index in [2.05, 4.69) is 207 Å². The second-order valence-corrected chi connectivity index (χ2v) is 27.5. The Hall–Kier alpha value is -6.89. The van der Waals surface area contributed by atoms with Crippen LogP contribution in [0.3, 0.4) is 0 Å². The number of ether oxygens (including phenoxy) is 1. The van der Waals surface area contributed by atoms with Crippen LogP contribution in [0.1, 0.15) is 103 Å². The third-order valence-corrected chi connectivity index (χ3v) is 18.5. The van der Waals surface area contributed by atoms with Crippen molar-refractivity contribution in [2.45, 2.75) is 112 Å². The van der Waals surface area contributed by atoms with Crippen LogP contribution in [0.4, 0.5) is 39.9 Å². The highest BCUT2D eigenvalue weighted by Gasteiger charge is 2.40. The van der Waals surface area contributed by atoms with Gasteiger partial charge in [0, 0.05) is 40.8 Å². The van der Waals surface area contributed by atoms with Gasteiger partial charge in [0.05, 0.1) is 29.6 Å². The first-order valence-electron chi connectivity index (χ1n) is 27.5. The maximum atomic E-state index is 9.47. The Morgan fingerprint density at radius 3 is 1.75 bits per heavy atom. The summed E-state index contributed by atoms with van der Waals surface area (Å²) < 4.78 is 52.4. The van der Waals surface area contributed by atoms with Gasteiger partial charge in [0.25, 0.3) is 0 Å². The molecule has 8 aromatic rings. The molecule has 0 saturated carbocycles. The van der Waals surface area contributed by atoms with Crippen LogP contribution in [0, 0.1) is 20.8 Å². The molecule has 0 N–H and O–H groups in total. The Kier molecular flexibility index (Phi) is 10.3. The van der Waals surface area contributed by atoms with Crippen molar-refractivity contribution < 1.29 is 11.6 Å². The largest absolute Gasteiger partial charge is 0.457 e. The van der Waals surface area contributed by atoms with Crippen molar-refractivity contribution >= 4 is 58.4 Å². The third kappa shape index (κ3) is 8.54. The molecule has 5 nitrogen and oxygen atoms in total. The maximum absolute atomic E-state index is 9.47. The number of para-hydroxylation sites is 3. The molecule has 0 unspecified atom stereocenters. The van der Waals surface area contributed by atoms with Gasteiger partial charge in [-0.3, -0.25) is 4.90 Å². The summed E-state index contributed by atoms with van der Waals surface area (Å²) in [6.45, 7) is 31.6. The Morgan fingerprint density at radius 2 is 1.10 bits per heavy atom. The molecular formula is C65H70N4OSi. The second kappa shape index (κ2) is 17.5. The van der Waals surface area contributed by atoms with Crippen molar-refractivity contribution in [2.24, 2.45) is 0 Å². The molecule has 6 heteroatoms. The number of pyridine rings is 1. The normalized spacial score (nSPS) is 15.3. The molecular weight excluding hydrogens is 881 g/mol. The molecule has 0 amide bonds. The minimum absolute atomic E-state index is 0.0617. The van der Waals surface area contributed by atoms with Crippen molar-refractivity contribution in [3.05, 3.63) is 191 Å². The molecule has 2 aliphatic rings. The van der Waals surface area contributed by atoms with Gasteiger partial charge in [-0.1, -0.05) is 166 Å². The molecule has 0 saturated heterocycles. The summed E-state index contributed by atoms with van der Waals surface area (Å²) in [6, 6.07) is 41.5. The highest BCUT2D eigenvalue weighted by Crippen LogP contribution is 2.54. The molecule has 0 fully saturated rings. The predicted molar refractivity (Wildman–Crippen MR) is 305 cm³/mol. The average Bonchev–Trinajstić information content (AvgIpc) is 3.79. The lowest BCUT2D eigenvalue weighted by atomic mass is 9.77. The third-order valence-electron chi connectivity index (χ3n) is 15.0. The quantitative estimate of drug-likeness (QED) is 0.149. The molecule has 1 aromatic heterocycles. The van der Waals surface area contributed by atoms with E-state index in [1.807, 2.05) is 31.3 Å². The SMILES string of the molecule is [2H]c1c([2H])c([2H])c(-c2c(C)c(C)c(C)c(-c3cc(C(C)(C)C)cc(C(C)(C)C)c3)c2N2CN(c3cccc(Oc4ccc5c(c4)N(c4cc(C(C)(C)C)ccn4)c4ccccc4[Si]5(C)C)c3)c3ccccc32)c([2H])c1[2H]. The summed E-state index contributed by atoms with van der Waals surface area (Å²) in [5, 5.41) is 2.68. The van der Waals surface area contributed by atoms with Gasteiger partial charge in [-0.25, -0.2) is 4.98 Å². The number of nitrogens with zero attached hydrogens (tertiary/aromatic N) is 4. The van der Waals surface area contributed by atoms with Crippen molar-refractivity contribution in [2.75, 3.05) is 21.4 Å². The van der Waals surface area contributed by atoms with Gasteiger partial charge in [-0.05, 0) is 140 Å². The van der Waals surface area contributed by atoms with E-state index < -0.39 is 14.1 Å². The molecule has 360 valence electrons. The highest BCUT2D eigenvalue weighted by molar-refractivity contribution is 7.02. The van der Waals surface area contributed by atoms with Crippen LogP contribution in [0.2, 0.25) is 13.1 Å². The lowest BCUT2D eigenvalue weighted by Crippen LogP contribution is -2.58. The molecule has 0 spiro atoms. The zero-order valence-corrected chi connectivity index (χ0v) is 45.0. The highest BCUT2D eigenvalue weighted by atomic mass is 28.3. The molecule has 0 radical (unpaired) electrons. The van der Waals surface area contributed by atoms with Crippen molar-refractivity contribution in [3.63, 3.8) is 0 Å². The van der Waals surface area contributed by atoms with Crippen LogP contribution >= 0.6 is 0 Å². The van der Waals surface area contributed by atoms with Gasteiger partial charge in [-0.2, -0.15) is 0 Å². The minimum atomic E-state index is -2.15. The number of benzene rings is 7. The van der Waals surface area contributed by atoms with Crippen molar-refractivity contribution in [1.29, 1.82) is 0 Å². The first-order valence-corrected chi connectivity index (χ1v) is 28.0. The van der Waals surface area contributed by atoms with Crippen LogP contribution in [0.5, 0.6) is 11.5 Å².